The number of benzene rings is 1. The molecule has 0 radical (unpaired) electrons. The first-order valence-electron chi connectivity index (χ1n) is 5.72. The van der Waals surface area contributed by atoms with Gasteiger partial charge in [0.1, 0.15) is 5.75 Å². The zero-order valence-corrected chi connectivity index (χ0v) is 10.7. The lowest BCUT2D eigenvalue weighted by Gasteiger charge is -2.11. The molecule has 0 spiro atoms. The summed E-state index contributed by atoms with van der Waals surface area (Å²) in [6, 6.07) is 6.65. The van der Waals surface area contributed by atoms with E-state index in [-0.39, 0.29) is 11.8 Å². The second-order valence-electron chi connectivity index (χ2n) is 4.25. The molecule has 1 saturated heterocycles. The quantitative estimate of drug-likeness (QED) is 0.879. The fourth-order valence-corrected chi connectivity index (χ4v) is 3.60. The standard InChI is InChI=1S/C12H17NO3S/c1-16-11-4-6-12(7-5-11)17(14,15)9-10-3-2-8-13-10/h4-7,10,13H,2-3,8-9H2,1H3/t10-/m1/s1. The predicted octanol–water partition coefficient (Wildman–Crippen LogP) is 1.22. The summed E-state index contributed by atoms with van der Waals surface area (Å²) in [5.41, 5.74) is 0. The highest BCUT2D eigenvalue weighted by molar-refractivity contribution is 7.91. The fraction of sp³-hybridized carbons (Fsp3) is 0.500. The Morgan fingerprint density at radius 1 is 1.35 bits per heavy atom. The highest BCUT2D eigenvalue weighted by Gasteiger charge is 2.23. The van der Waals surface area contributed by atoms with Crippen LogP contribution in [-0.4, -0.2) is 33.9 Å². The Morgan fingerprint density at radius 3 is 2.59 bits per heavy atom. The van der Waals surface area contributed by atoms with Gasteiger partial charge in [0, 0.05) is 6.04 Å². The van der Waals surface area contributed by atoms with Gasteiger partial charge in [0.05, 0.1) is 17.8 Å². The first kappa shape index (κ1) is 12.4. The largest absolute Gasteiger partial charge is 0.497 e. The van der Waals surface area contributed by atoms with Crippen LogP contribution in [0, 0.1) is 0 Å². The van der Waals surface area contributed by atoms with Crippen molar-refractivity contribution in [2.75, 3.05) is 19.4 Å². The smallest absolute Gasteiger partial charge is 0.179 e. The van der Waals surface area contributed by atoms with Gasteiger partial charge in [-0.25, -0.2) is 8.42 Å². The number of hydrogen-bond acceptors (Lipinski definition) is 4. The lowest BCUT2D eigenvalue weighted by Crippen LogP contribution is -2.29. The Labute approximate surface area is 102 Å². The summed E-state index contributed by atoms with van der Waals surface area (Å²) >= 11 is 0. The number of ether oxygens (including phenoxy) is 1. The van der Waals surface area contributed by atoms with Gasteiger partial charge in [-0.2, -0.15) is 0 Å². The Balaban J connectivity index is 2.12. The molecule has 1 aromatic carbocycles. The molecule has 1 N–H and O–H groups in total. The molecule has 1 aliphatic rings. The van der Waals surface area contributed by atoms with Gasteiger partial charge in [0.25, 0.3) is 0 Å². The molecule has 1 aromatic rings. The molecule has 0 saturated carbocycles. The number of hydrogen-bond donors (Lipinski definition) is 1. The maximum Gasteiger partial charge on any atom is 0.179 e. The highest BCUT2D eigenvalue weighted by Crippen LogP contribution is 2.19. The average molecular weight is 255 g/mol. The van der Waals surface area contributed by atoms with Gasteiger partial charge in [0.15, 0.2) is 9.84 Å². The normalized spacial score (nSPS) is 20.4. The number of nitrogens with one attached hydrogen (secondary N) is 1. The molecule has 2 rings (SSSR count). The number of sulfone groups is 1. The summed E-state index contributed by atoms with van der Waals surface area (Å²) < 4.78 is 29.2. The van der Waals surface area contributed by atoms with E-state index in [1.54, 1.807) is 31.4 Å². The van der Waals surface area contributed by atoms with E-state index < -0.39 is 9.84 Å². The van der Waals surface area contributed by atoms with Crippen molar-refractivity contribution in [2.45, 2.75) is 23.8 Å². The van der Waals surface area contributed by atoms with Gasteiger partial charge in [-0.05, 0) is 43.7 Å². The van der Waals surface area contributed by atoms with Crippen molar-refractivity contribution in [1.29, 1.82) is 0 Å². The SMILES string of the molecule is COc1ccc(S(=O)(=O)C[C@H]2CCCN2)cc1. The van der Waals surface area contributed by atoms with E-state index in [0.29, 0.717) is 10.6 Å². The third kappa shape index (κ3) is 2.98. The first-order valence-corrected chi connectivity index (χ1v) is 7.37. The van der Waals surface area contributed by atoms with Gasteiger partial charge in [0.2, 0.25) is 0 Å². The second-order valence-corrected chi connectivity index (χ2v) is 6.28. The van der Waals surface area contributed by atoms with Crippen LogP contribution in [0.2, 0.25) is 0 Å². The van der Waals surface area contributed by atoms with Crippen molar-refractivity contribution in [3.63, 3.8) is 0 Å². The molecule has 1 atom stereocenters. The molecule has 94 valence electrons. The van der Waals surface area contributed by atoms with Crippen LogP contribution < -0.4 is 10.1 Å². The third-order valence-electron chi connectivity index (χ3n) is 3.00. The summed E-state index contributed by atoms with van der Waals surface area (Å²) in [7, 11) is -1.63. The van der Waals surface area contributed by atoms with Crippen molar-refractivity contribution in [3.05, 3.63) is 24.3 Å². The summed E-state index contributed by atoms with van der Waals surface area (Å²) in [6.07, 6.45) is 2.00. The zero-order chi connectivity index (χ0) is 12.3. The molecule has 0 amide bonds. The topological polar surface area (TPSA) is 55.4 Å². The molecule has 1 fully saturated rings. The van der Waals surface area contributed by atoms with Crippen LogP contribution in [0.5, 0.6) is 5.75 Å². The van der Waals surface area contributed by atoms with Crippen LogP contribution in [0.1, 0.15) is 12.8 Å². The Bertz CT molecular complexity index is 461. The molecule has 5 heteroatoms. The fourth-order valence-electron chi connectivity index (χ4n) is 2.04. The minimum Gasteiger partial charge on any atom is -0.497 e. The third-order valence-corrected chi connectivity index (χ3v) is 4.83. The van der Waals surface area contributed by atoms with Crippen LogP contribution in [0.4, 0.5) is 0 Å². The molecular weight excluding hydrogens is 238 g/mol. The van der Waals surface area contributed by atoms with Crippen molar-refractivity contribution >= 4 is 9.84 Å². The van der Waals surface area contributed by atoms with E-state index in [9.17, 15) is 8.42 Å². The molecular formula is C12H17NO3S. The van der Waals surface area contributed by atoms with Crippen LogP contribution >= 0.6 is 0 Å². The molecule has 0 bridgehead atoms. The van der Waals surface area contributed by atoms with Crippen LogP contribution in [0.3, 0.4) is 0 Å². The Kier molecular flexibility index (Phi) is 3.69. The van der Waals surface area contributed by atoms with Gasteiger partial charge in [-0.15, -0.1) is 0 Å². The molecule has 1 aliphatic heterocycles. The number of rotatable bonds is 4. The summed E-state index contributed by atoms with van der Waals surface area (Å²) in [5.74, 6) is 0.849. The van der Waals surface area contributed by atoms with Crippen molar-refractivity contribution in [2.24, 2.45) is 0 Å². The van der Waals surface area contributed by atoms with Crippen molar-refractivity contribution in [1.82, 2.24) is 5.32 Å². The highest BCUT2D eigenvalue weighted by atomic mass is 32.2. The van der Waals surface area contributed by atoms with E-state index in [0.717, 1.165) is 19.4 Å². The van der Waals surface area contributed by atoms with Gasteiger partial charge in [-0.3, -0.25) is 0 Å². The summed E-state index contributed by atoms with van der Waals surface area (Å²) in [4.78, 5) is 0.368. The Morgan fingerprint density at radius 2 is 2.06 bits per heavy atom. The van der Waals surface area contributed by atoms with Crippen LogP contribution in [0.15, 0.2) is 29.2 Å². The Hall–Kier alpha value is -1.07. The van der Waals surface area contributed by atoms with Crippen LogP contribution in [0.25, 0.3) is 0 Å². The van der Waals surface area contributed by atoms with Crippen molar-refractivity contribution in [3.8, 4) is 5.75 Å². The van der Waals surface area contributed by atoms with Gasteiger partial charge >= 0.3 is 0 Å². The van der Waals surface area contributed by atoms with E-state index in [4.69, 9.17) is 4.74 Å². The monoisotopic (exact) mass is 255 g/mol. The van der Waals surface area contributed by atoms with E-state index in [1.807, 2.05) is 0 Å². The molecule has 0 aliphatic carbocycles. The molecule has 1 heterocycles. The van der Waals surface area contributed by atoms with Gasteiger partial charge < -0.3 is 10.1 Å². The molecule has 0 unspecified atom stereocenters. The van der Waals surface area contributed by atoms with E-state index in [1.165, 1.54) is 0 Å². The predicted molar refractivity (Wildman–Crippen MR) is 66.1 cm³/mol. The molecule has 0 aromatic heterocycles. The van der Waals surface area contributed by atoms with Gasteiger partial charge in [-0.1, -0.05) is 0 Å². The zero-order valence-electron chi connectivity index (χ0n) is 9.85. The maximum absolute atomic E-state index is 12.1. The minimum atomic E-state index is -3.19. The minimum absolute atomic E-state index is 0.0992. The average Bonchev–Trinajstić information content (AvgIpc) is 2.81. The van der Waals surface area contributed by atoms with E-state index >= 15 is 0 Å². The van der Waals surface area contributed by atoms with Crippen molar-refractivity contribution < 1.29 is 13.2 Å². The summed E-state index contributed by atoms with van der Waals surface area (Å²) in [5, 5.41) is 3.20. The van der Waals surface area contributed by atoms with Crippen LogP contribution in [-0.2, 0) is 9.84 Å². The lowest BCUT2D eigenvalue weighted by molar-refractivity contribution is 0.414. The molecule has 4 nitrogen and oxygen atoms in total. The lowest BCUT2D eigenvalue weighted by atomic mass is 10.3. The first-order chi connectivity index (χ1) is 8.12. The second kappa shape index (κ2) is 5.06. The number of methoxy groups -OCH3 is 1. The molecule has 17 heavy (non-hydrogen) atoms. The van der Waals surface area contributed by atoms with E-state index in [2.05, 4.69) is 5.32 Å². The summed E-state index contributed by atoms with van der Waals surface area (Å²) in [6.45, 7) is 0.919. The maximum atomic E-state index is 12.1.